The molecule has 1 atom stereocenters. The highest BCUT2D eigenvalue weighted by Crippen LogP contribution is 2.36. The third-order valence-electron chi connectivity index (χ3n) is 3.35. The van der Waals surface area contributed by atoms with E-state index in [1.807, 2.05) is 44.2 Å². The molecule has 4 heteroatoms. The molecule has 0 amide bonds. The van der Waals surface area contributed by atoms with Gasteiger partial charge in [-0.15, -0.1) is 0 Å². The third-order valence-corrected chi connectivity index (χ3v) is 3.35. The number of phenols is 1. The number of aromatic hydroxyl groups is 1. The Morgan fingerprint density at radius 2 is 1.95 bits per heavy atom. The lowest BCUT2D eigenvalue weighted by Crippen LogP contribution is -2.12. The topological polar surface area (TPSA) is 50.7 Å². The average Bonchev–Trinajstić information content (AvgIpc) is 2.83. The van der Waals surface area contributed by atoms with Crippen molar-refractivity contribution < 1.29 is 14.6 Å². The first-order valence-corrected chi connectivity index (χ1v) is 7.11. The van der Waals surface area contributed by atoms with Gasteiger partial charge < -0.3 is 19.9 Å². The molecule has 3 rings (SSSR count). The number of rotatable bonds is 4. The van der Waals surface area contributed by atoms with Crippen LogP contribution >= 0.6 is 0 Å². The Bertz CT molecular complexity index is 622. The lowest BCUT2D eigenvalue weighted by atomic mass is 10.1. The molecule has 4 nitrogen and oxygen atoms in total. The fourth-order valence-electron chi connectivity index (χ4n) is 2.42. The summed E-state index contributed by atoms with van der Waals surface area (Å²) in [6.07, 6.45) is 0.173. The number of anilines is 1. The molecule has 1 unspecified atom stereocenters. The molecule has 1 heterocycles. The van der Waals surface area contributed by atoms with Gasteiger partial charge >= 0.3 is 0 Å². The Labute approximate surface area is 124 Å². The van der Waals surface area contributed by atoms with Gasteiger partial charge in [-0.05, 0) is 50.2 Å². The molecule has 1 aliphatic rings. The Kier molecular flexibility index (Phi) is 3.60. The fraction of sp³-hybridized carbons (Fsp3) is 0.294. The summed E-state index contributed by atoms with van der Waals surface area (Å²) in [6, 6.07) is 13.2. The second-order valence-corrected chi connectivity index (χ2v) is 5.42. The van der Waals surface area contributed by atoms with Crippen molar-refractivity contribution in [2.45, 2.75) is 26.0 Å². The Morgan fingerprint density at radius 1 is 1.19 bits per heavy atom. The van der Waals surface area contributed by atoms with Crippen LogP contribution < -0.4 is 14.8 Å². The van der Waals surface area contributed by atoms with Crippen LogP contribution in [0.2, 0.25) is 0 Å². The van der Waals surface area contributed by atoms with Crippen LogP contribution in [0.4, 0.5) is 5.69 Å². The van der Waals surface area contributed by atoms with Crippen LogP contribution in [0.5, 0.6) is 17.2 Å². The molecule has 2 aromatic carbocycles. The van der Waals surface area contributed by atoms with E-state index in [0.717, 1.165) is 22.7 Å². The summed E-state index contributed by atoms with van der Waals surface area (Å²) in [5, 5.41) is 12.9. The summed E-state index contributed by atoms with van der Waals surface area (Å²) in [5.41, 5.74) is 2.08. The second-order valence-electron chi connectivity index (χ2n) is 5.42. The zero-order chi connectivity index (χ0) is 14.8. The number of hydrogen-bond acceptors (Lipinski definition) is 4. The van der Waals surface area contributed by atoms with Gasteiger partial charge in [-0.2, -0.15) is 0 Å². The van der Waals surface area contributed by atoms with Gasteiger partial charge in [-0.1, -0.05) is 0 Å². The average molecular weight is 285 g/mol. The molecule has 2 N–H and O–H groups in total. The van der Waals surface area contributed by atoms with Crippen molar-refractivity contribution in [3.8, 4) is 17.2 Å². The zero-order valence-corrected chi connectivity index (χ0v) is 12.2. The third kappa shape index (κ3) is 3.05. The SMILES string of the molecule is CC(C)Oc1ccc(NC2COc3cc(O)ccc32)cc1. The Balaban J connectivity index is 1.71. The van der Waals surface area contributed by atoms with Gasteiger partial charge in [0, 0.05) is 17.3 Å². The summed E-state index contributed by atoms with van der Waals surface area (Å²) in [6.45, 7) is 4.58. The normalized spacial score (nSPS) is 16.4. The minimum absolute atomic E-state index is 0.0949. The van der Waals surface area contributed by atoms with Crippen LogP contribution in [-0.2, 0) is 0 Å². The molecular formula is C17H19NO3. The zero-order valence-electron chi connectivity index (χ0n) is 12.2. The van der Waals surface area contributed by atoms with Crippen LogP contribution in [0.3, 0.4) is 0 Å². The summed E-state index contributed by atoms with van der Waals surface area (Å²) in [4.78, 5) is 0. The lowest BCUT2D eigenvalue weighted by molar-refractivity contribution is 0.242. The molecule has 21 heavy (non-hydrogen) atoms. The largest absolute Gasteiger partial charge is 0.508 e. The van der Waals surface area contributed by atoms with Crippen LogP contribution in [0.25, 0.3) is 0 Å². The molecule has 0 fully saturated rings. The molecule has 0 saturated heterocycles. The molecular weight excluding hydrogens is 266 g/mol. The number of phenolic OH excluding ortho intramolecular Hbond substituents is 1. The van der Waals surface area contributed by atoms with E-state index in [2.05, 4.69) is 5.32 Å². The molecule has 0 saturated carbocycles. The highest BCUT2D eigenvalue weighted by atomic mass is 16.5. The number of hydrogen-bond donors (Lipinski definition) is 2. The standard InChI is InChI=1S/C17H19NO3/c1-11(2)21-14-6-3-12(4-7-14)18-16-10-20-17-9-13(19)5-8-15(16)17/h3-9,11,16,18-19H,10H2,1-2H3. The number of ether oxygens (including phenoxy) is 2. The molecule has 0 radical (unpaired) electrons. The van der Waals surface area contributed by atoms with Gasteiger partial charge in [0.15, 0.2) is 0 Å². The highest BCUT2D eigenvalue weighted by Gasteiger charge is 2.24. The number of benzene rings is 2. The fourth-order valence-corrected chi connectivity index (χ4v) is 2.42. The quantitative estimate of drug-likeness (QED) is 0.898. The first-order valence-electron chi connectivity index (χ1n) is 7.11. The van der Waals surface area contributed by atoms with Crippen LogP contribution in [0, 0.1) is 0 Å². The van der Waals surface area contributed by atoms with Gasteiger partial charge in [0.25, 0.3) is 0 Å². The first kappa shape index (κ1) is 13.6. The van der Waals surface area contributed by atoms with E-state index >= 15 is 0 Å². The molecule has 1 aliphatic heterocycles. The van der Waals surface area contributed by atoms with Gasteiger partial charge in [0.2, 0.25) is 0 Å². The molecule has 2 aromatic rings. The molecule has 0 aliphatic carbocycles. The van der Waals surface area contributed by atoms with E-state index in [1.165, 1.54) is 0 Å². The minimum atomic E-state index is 0.0949. The van der Waals surface area contributed by atoms with Gasteiger partial charge in [0.05, 0.1) is 12.1 Å². The number of nitrogens with one attached hydrogen (secondary N) is 1. The van der Waals surface area contributed by atoms with E-state index in [-0.39, 0.29) is 17.9 Å². The first-order chi connectivity index (χ1) is 10.1. The molecule has 0 aromatic heterocycles. The van der Waals surface area contributed by atoms with Crippen molar-refractivity contribution in [1.29, 1.82) is 0 Å². The Morgan fingerprint density at radius 3 is 2.67 bits per heavy atom. The predicted molar refractivity (Wildman–Crippen MR) is 82.2 cm³/mol. The van der Waals surface area contributed by atoms with E-state index < -0.39 is 0 Å². The summed E-state index contributed by atoms with van der Waals surface area (Å²) in [7, 11) is 0. The number of fused-ring (bicyclic) bond motifs is 1. The van der Waals surface area contributed by atoms with Crippen molar-refractivity contribution in [3.63, 3.8) is 0 Å². The maximum atomic E-state index is 9.46. The maximum absolute atomic E-state index is 9.46. The molecule has 0 spiro atoms. The Hall–Kier alpha value is -2.36. The van der Waals surface area contributed by atoms with E-state index in [9.17, 15) is 5.11 Å². The van der Waals surface area contributed by atoms with Crippen LogP contribution in [0.15, 0.2) is 42.5 Å². The van der Waals surface area contributed by atoms with Crippen molar-refractivity contribution in [2.75, 3.05) is 11.9 Å². The van der Waals surface area contributed by atoms with E-state index in [4.69, 9.17) is 9.47 Å². The van der Waals surface area contributed by atoms with Crippen molar-refractivity contribution in [3.05, 3.63) is 48.0 Å². The van der Waals surface area contributed by atoms with E-state index in [1.54, 1.807) is 12.1 Å². The van der Waals surface area contributed by atoms with Crippen LogP contribution in [0.1, 0.15) is 25.5 Å². The summed E-state index contributed by atoms with van der Waals surface area (Å²) in [5.74, 6) is 1.83. The van der Waals surface area contributed by atoms with Crippen LogP contribution in [-0.4, -0.2) is 17.8 Å². The molecule has 0 bridgehead atoms. The van der Waals surface area contributed by atoms with E-state index in [0.29, 0.717) is 6.61 Å². The van der Waals surface area contributed by atoms with Crippen molar-refractivity contribution in [1.82, 2.24) is 0 Å². The van der Waals surface area contributed by atoms with Crippen molar-refractivity contribution in [2.24, 2.45) is 0 Å². The second kappa shape index (κ2) is 5.56. The molecule has 110 valence electrons. The van der Waals surface area contributed by atoms with Crippen molar-refractivity contribution >= 4 is 5.69 Å². The maximum Gasteiger partial charge on any atom is 0.128 e. The van der Waals surface area contributed by atoms with Gasteiger partial charge in [-0.3, -0.25) is 0 Å². The lowest BCUT2D eigenvalue weighted by Gasteiger charge is -2.14. The smallest absolute Gasteiger partial charge is 0.128 e. The highest BCUT2D eigenvalue weighted by molar-refractivity contribution is 5.52. The predicted octanol–water partition coefficient (Wildman–Crippen LogP) is 3.73. The monoisotopic (exact) mass is 285 g/mol. The summed E-state index contributed by atoms with van der Waals surface area (Å²) < 4.78 is 11.2. The summed E-state index contributed by atoms with van der Waals surface area (Å²) >= 11 is 0. The van der Waals surface area contributed by atoms with Gasteiger partial charge in [-0.25, -0.2) is 0 Å². The van der Waals surface area contributed by atoms with Gasteiger partial charge in [0.1, 0.15) is 23.9 Å². The minimum Gasteiger partial charge on any atom is -0.508 e.